The number of allylic oxidation sites excluding steroid dienone is 3. The van der Waals surface area contributed by atoms with Crippen molar-refractivity contribution < 1.29 is 5.11 Å². The Kier molecular flexibility index (Phi) is 6.59. The normalized spacial score (nSPS) is 44.1. The van der Waals surface area contributed by atoms with Gasteiger partial charge >= 0.3 is 0 Å². The van der Waals surface area contributed by atoms with Crippen LogP contribution in [-0.2, 0) is 0 Å². The minimum absolute atomic E-state index is 0.0484. The van der Waals surface area contributed by atoms with Gasteiger partial charge in [-0.1, -0.05) is 65.3 Å². The fraction of sp³-hybridized carbons (Fsp3) is 0.867. The molecule has 31 heavy (non-hydrogen) atoms. The Morgan fingerprint density at radius 2 is 1.68 bits per heavy atom. The van der Waals surface area contributed by atoms with Gasteiger partial charge in [-0.05, 0) is 116 Å². The van der Waals surface area contributed by atoms with Crippen LogP contribution in [0.25, 0.3) is 0 Å². The van der Waals surface area contributed by atoms with E-state index < -0.39 is 0 Å². The summed E-state index contributed by atoms with van der Waals surface area (Å²) >= 11 is 0. The van der Waals surface area contributed by atoms with Crippen LogP contribution in [0.15, 0.2) is 23.8 Å². The zero-order valence-corrected chi connectivity index (χ0v) is 21.4. The molecule has 0 amide bonds. The van der Waals surface area contributed by atoms with Gasteiger partial charge in [-0.2, -0.15) is 0 Å². The van der Waals surface area contributed by atoms with Gasteiger partial charge in [-0.15, -0.1) is 0 Å². The predicted octanol–water partition coefficient (Wildman–Crippen LogP) is 8.19. The molecular formula is C30H50O. The summed E-state index contributed by atoms with van der Waals surface area (Å²) in [5.74, 6) is 5.30. The summed E-state index contributed by atoms with van der Waals surface area (Å²) in [7, 11) is 0. The van der Waals surface area contributed by atoms with E-state index in [0.29, 0.717) is 28.6 Å². The molecule has 0 aromatic carbocycles. The second kappa shape index (κ2) is 8.66. The highest BCUT2D eigenvalue weighted by atomic mass is 16.3. The molecule has 0 bridgehead atoms. The Morgan fingerprint density at radius 3 is 2.39 bits per heavy atom. The largest absolute Gasteiger partial charge is 0.393 e. The average molecular weight is 427 g/mol. The molecule has 1 heteroatoms. The van der Waals surface area contributed by atoms with Crippen molar-refractivity contribution in [1.29, 1.82) is 0 Å². The van der Waals surface area contributed by atoms with Crippen LogP contribution >= 0.6 is 0 Å². The predicted molar refractivity (Wildman–Crippen MR) is 133 cm³/mol. The molecule has 4 rings (SSSR count). The van der Waals surface area contributed by atoms with Crippen molar-refractivity contribution in [2.75, 3.05) is 0 Å². The smallest absolute Gasteiger partial charge is 0.0543 e. The second-order valence-electron chi connectivity index (χ2n) is 13.1. The highest BCUT2D eigenvalue weighted by Crippen LogP contribution is 2.67. The Morgan fingerprint density at radius 1 is 1.00 bits per heavy atom. The Bertz CT molecular complexity index is 703. The van der Waals surface area contributed by atoms with Crippen molar-refractivity contribution >= 4 is 0 Å². The van der Waals surface area contributed by atoms with E-state index in [4.69, 9.17) is 0 Å². The van der Waals surface area contributed by atoms with Crippen LogP contribution in [0.5, 0.6) is 0 Å². The summed E-state index contributed by atoms with van der Waals surface area (Å²) in [6, 6.07) is 0. The first-order chi connectivity index (χ1) is 14.6. The second-order valence-corrected chi connectivity index (χ2v) is 13.1. The molecular weight excluding hydrogens is 376 g/mol. The van der Waals surface area contributed by atoms with E-state index in [1.165, 1.54) is 56.9 Å². The molecule has 0 aromatic heterocycles. The summed E-state index contributed by atoms with van der Waals surface area (Å²) in [4.78, 5) is 0. The summed E-state index contributed by atoms with van der Waals surface area (Å²) in [5.41, 5.74) is 4.26. The van der Waals surface area contributed by atoms with E-state index in [9.17, 15) is 5.11 Å². The van der Waals surface area contributed by atoms with Gasteiger partial charge in [0, 0.05) is 0 Å². The van der Waals surface area contributed by atoms with Crippen molar-refractivity contribution in [2.45, 2.75) is 112 Å². The SMILES string of the molecule is C=C(C(C)C)C(C)CCC(C)C1CCC2C3=CCC4CC(O)CCC4(C)C3CCC21C. The zero-order valence-electron chi connectivity index (χ0n) is 21.4. The quantitative estimate of drug-likeness (QED) is 0.424. The minimum Gasteiger partial charge on any atom is -0.393 e. The molecule has 4 aliphatic rings. The lowest BCUT2D eigenvalue weighted by molar-refractivity contribution is -0.0428. The maximum atomic E-state index is 10.3. The van der Waals surface area contributed by atoms with Crippen LogP contribution in [0.3, 0.4) is 0 Å². The summed E-state index contributed by atoms with van der Waals surface area (Å²) in [6.07, 6.45) is 15.5. The molecule has 0 saturated heterocycles. The molecule has 0 aromatic rings. The van der Waals surface area contributed by atoms with E-state index in [1.807, 2.05) is 5.57 Å². The van der Waals surface area contributed by atoms with E-state index in [2.05, 4.69) is 54.2 Å². The summed E-state index contributed by atoms with van der Waals surface area (Å²) in [6.45, 7) is 19.2. The number of aliphatic hydroxyl groups excluding tert-OH is 1. The molecule has 3 fully saturated rings. The van der Waals surface area contributed by atoms with Crippen LogP contribution in [0.2, 0.25) is 0 Å². The van der Waals surface area contributed by atoms with Crippen molar-refractivity contribution in [3.63, 3.8) is 0 Å². The Labute approximate surface area is 193 Å². The molecule has 1 N–H and O–H groups in total. The van der Waals surface area contributed by atoms with Gasteiger partial charge in [0.05, 0.1) is 6.10 Å². The number of hydrogen-bond acceptors (Lipinski definition) is 1. The van der Waals surface area contributed by atoms with Crippen LogP contribution < -0.4 is 0 Å². The van der Waals surface area contributed by atoms with E-state index in [1.54, 1.807) is 0 Å². The lowest BCUT2D eigenvalue weighted by atomic mass is 9.47. The average Bonchev–Trinajstić information content (AvgIpc) is 3.09. The summed E-state index contributed by atoms with van der Waals surface area (Å²) in [5, 5.41) is 10.3. The van der Waals surface area contributed by atoms with Gasteiger partial charge in [0.15, 0.2) is 0 Å². The van der Waals surface area contributed by atoms with Crippen molar-refractivity contribution in [3.8, 4) is 0 Å². The third-order valence-corrected chi connectivity index (χ3v) is 11.2. The monoisotopic (exact) mass is 426 g/mol. The van der Waals surface area contributed by atoms with Gasteiger partial charge < -0.3 is 5.11 Å². The molecule has 0 spiro atoms. The van der Waals surface area contributed by atoms with Crippen molar-refractivity contribution in [2.24, 2.45) is 52.3 Å². The van der Waals surface area contributed by atoms with Crippen molar-refractivity contribution in [3.05, 3.63) is 23.8 Å². The lowest BCUT2D eigenvalue weighted by Crippen LogP contribution is -2.49. The molecule has 176 valence electrons. The molecule has 4 aliphatic carbocycles. The first-order valence-corrected chi connectivity index (χ1v) is 13.6. The molecule has 0 heterocycles. The third kappa shape index (κ3) is 4.00. The third-order valence-electron chi connectivity index (χ3n) is 11.2. The number of aliphatic hydroxyl groups is 1. The Hall–Kier alpha value is -0.560. The summed E-state index contributed by atoms with van der Waals surface area (Å²) < 4.78 is 0. The number of fused-ring (bicyclic) bond motifs is 5. The van der Waals surface area contributed by atoms with E-state index in [0.717, 1.165) is 36.5 Å². The van der Waals surface area contributed by atoms with Crippen molar-refractivity contribution in [1.82, 2.24) is 0 Å². The standard InChI is InChI=1S/C30H50O/c1-19(2)22(5)20(3)8-9-21(4)26-12-13-27-25-11-10-23-18-24(31)14-16-29(23,6)28(25)15-17-30(26,27)7/h11,19-21,23-24,26-28,31H,5,8-10,12-18H2,1-4,6-7H3. The van der Waals surface area contributed by atoms with E-state index in [-0.39, 0.29) is 6.10 Å². The first kappa shape index (κ1) is 23.6. The fourth-order valence-electron chi connectivity index (χ4n) is 8.93. The number of rotatable bonds is 6. The maximum Gasteiger partial charge on any atom is 0.0543 e. The minimum atomic E-state index is -0.0484. The topological polar surface area (TPSA) is 20.2 Å². The van der Waals surface area contributed by atoms with Gasteiger partial charge in [0.2, 0.25) is 0 Å². The molecule has 3 saturated carbocycles. The fourth-order valence-corrected chi connectivity index (χ4v) is 8.93. The molecule has 9 atom stereocenters. The van der Waals surface area contributed by atoms with Crippen LogP contribution in [0.4, 0.5) is 0 Å². The highest BCUT2D eigenvalue weighted by Gasteiger charge is 2.58. The molecule has 1 nitrogen and oxygen atoms in total. The molecule has 9 unspecified atom stereocenters. The zero-order chi connectivity index (χ0) is 22.6. The van der Waals surface area contributed by atoms with Gasteiger partial charge in [-0.3, -0.25) is 0 Å². The van der Waals surface area contributed by atoms with Gasteiger partial charge in [-0.25, -0.2) is 0 Å². The van der Waals surface area contributed by atoms with Crippen LogP contribution in [0.1, 0.15) is 106 Å². The lowest BCUT2D eigenvalue weighted by Gasteiger charge is -2.57. The molecule has 0 radical (unpaired) electrons. The Balaban J connectivity index is 1.46. The van der Waals surface area contributed by atoms with Crippen LogP contribution in [0, 0.1) is 52.3 Å². The molecule has 0 aliphatic heterocycles. The van der Waals surface area contributed by atoms with Gasteiger partial charge in [0.25, 0.3) is 0 Å². The highest BCUT2D eigenvalue weighted by molar-refractivity contribution is 5.27. The van der Waals surface area contributed by atoms with Gasteiger partial charge in [0.1, 0.15) is 0 Å². The van der Waals surface area contributed by atoms with Crippen LogP contribution in [-0.4, -0.2) is 11.2 Å². The first-order valence-electron chi connectivity index (χ1n) is 13.6. The van der Waals surface area contributed by atoms with E-state index >= 15 is 0 Å². The maximum absolute atomic E-state index is 10.3. The number of hydrogen-bond donors (Lipinski definition) is 1.